The van der Waals surface area contributed by atoms with Crippen molar-refractivity contribution in [2.24, 2.45) is 0 Å². The highest BCUT2D eigenvalue weighted by atomic mass is 32.2. The van der Waals surface area contributed by atoms with Crippen LogP contribution in [0.15, 0.2) is 30.3 Å². The number of nitrogens with one attached hydrogen (secondary N) is 1. The first-order chi connectivity index (χ1) is 10.9. The number of nitrogens with zero attached hydrogens (tertiary/aromatic N) is 1. The molecule has 1 N–H and O–H groups in total. The average molecular weight is 338 g/mol. The highest BCUT2D eigenvalue weighted by Crippen LogP contribution is 2.27. The van der Waals surface area contributed by atoms with E-state index in [1.807, 2.05) is 30.3 Å². The molecule has 0 bridgehead atoms. The van der Waals surface area contributed by atoms with E-state index in [0.29, 0.717) is 13.0 Å². The molecule has 1 aromatic rings. The molecule has 0 radical (unpaired) electrons. The number of carbonyl (C=O) groups is 2. The maximum Gasteiger partial charge on any atom is 0.239 e. The molecular weight excluding hydrogens is 316 g/mol. The van der Waals surface area contributed by atoms with Crippen LogP contribution in [0, 0.1) is 0 Å². The molecule has 2 rings (SSSR count). The van der Waals surface area contributed by atoms with E-state index in [0.717, 1.165) is 5.56 Å². The van der Waals surface area contributed by atoms with Gasteiger partial charge in [-0.25, -0.2) is 8.42 Å². The lowest BCUT2D eigenvalue weighted by Gasteiger charge is -2.16. The summed E-state index contributed by atoms with van der Waals surface area (Å²) < 4.78 is 22.7. The Labute approximate surface area is 136 Å². The van der Waals surface area contributed by atoms with Crippen LogP contribution in [0.5, 0.6) is 0 Å². The Morgan fingerprint density at radius 2 is 2.00 bits per heavy atom. The minimum atomic E-state index is -3.09. The highest BCUT2D eigenvalue weighted by molar-refractivity contribution is 7.91. The summed E-state index contributed by atoms with van der Waals surface area (Å²) in [5.41, 5.74) is 1.10. The second-order valence-corrected chi connectivity index (χ2v) is 8.15. The summed E-state index contributed by atoms with van der Waals surface area (Å²) in [6.07, 6.45) is 0.404. The van der Waals surface area contributed by atoms with Crippen LogP contribution >= 0.6 is 0 Å². The standard InChI is InChI=1S/C16H22N2O4S/c1-2-23(21,22)9-8-17-15(19)12-18-11-14(10-16(18)20)13-6-4-3-5-7-13/h3-7,14H,2,8-12H2,1H3,(H,17,19)/t14-/m1/s1. The topological polar surface area (TPSA) is 83.6 Å². The van der Waals surface area contributed by atoms with E-state index in [9.17, 15) is 18.0 Å². The van der Waals surface area contributed by atoms with E-state index < -0.39 is 9.84 Å². The molecule has 126 valence electrons. The van der Waals surface area contributed by atoms with Crippen LogP contribution in [0.4, 0.5) is 0 Å². The molecule has 0 unspecified atom stereocenters. The predicted molar refractivity (Wildman–Crippen MR) is 87.7 cm³/mol. The van der Waals surface area contributed by atoms with Crippen molar-refractivity contribution in [3.05, 3.63) is 35.9 Å². The first-order valence-corrected chi connectivity index (χ1v) is 9.53. The minimum Gasteiger partial charge on any atom is -0.354 e. The fourth-order valence-electron chi connectivity index (χ4n) is 2.59. The monoisotopic (exact) mass is 338 g/mol. The number of carbonyl (C=O) groups excluding carboxylic acids is 2. The Kier molecular flexibility index (Phi) is 5.76. The van der Waals surface area contributed by atoms with Crippen LogP contribution in [-0.2, 0) is 19.4 Å². The second-order valence-electron chi connectivity index (χ2n) is 5.67. The van der Waals surface area contributed by atoms with Crippen molar-refractivity contribution < 1.29 is 18.0 Å². The number of hydrogen-bond acceptors (Lipinski definition) is 4. The van der Waals surface area contributed by atoms with Crippen LogP contribution in [-0.4, -0.2) is 56.3 Å². The van der Waals surface area contributed by atoms with E-state index in [1.165, 1.54) is 4.90 Å². The van der Waals surface area contributed by atoms with Crippen LogP contribution in [0.3, 0.4) is 0 Å². The summed E-state index contributed by atoms with van der Waals surface area (Å²) in [7, 11) is -3.09. The van der Waals surface area contributed by atoms with E-state index in [-0.39, 0.29) is 42.3 Å². The quantitative estimate of drug-likeness (QED) is 0.787. The fraction of sp³-hybridized carbons (Fsp3) is 0.500. The van der Waals surface area contributed by atoms with Gasteiger partial charge in [-0.3, -0.25) is 9.59 Å². The zero-order chi connectivity index (χ0) is 16.9. The molecule has 0 saturated carbocycles. The van der Waals surface area contributed by atoms with Crippen molar-refractivity contribution in [2.75, 3.05) is 31.1 Å². The molecule has 1 saturated heterocycles. The Balaban J connectivity index is 1.81. The number of hydrogen-bond donors (Lipinski definition) is 1. The van der Waals surface area contributed by atoms with Crippen LogP contribution in [0.2, 0.25) is 0 Å². The minimum absolute atomic E-state index is 0.0195. The molecule has 6 nitrogen and oxygen atoms in total. The lowest BCUT2D eigenvalue weighted by Crippen LogP contribution is -2.39. The van der Waals surface area contributed by atoms with Gasteiger partial charge < -0.3 is 10.2 Å². The molecule has 0 aromatic heterocycles. The highest BCUT2D eigenvalue weighted by Gasteiger charge is 2.31. The number of likely N-dealkylation sites (tertiary alicyclic amines) is 1. The van der Waals surface area contributed by atoms with Crippen LogP contribution in [0.1, 0.15) is 24.8 Å². The van der Waals surface area contributed by atoms with E-state index in [2.05, 4.69) is 5.32 Å². The molecule has 1 aliphatic rings. The van der Waals surface area contributed by atoms with Crippen molar-refractivity contribution >= 4 is 21.7 Å². The Morgan fingerprint density at radius 3 is 2.65 bits per heavy atom. The molecule has 23 heavy (non-hydrogen) atoms. The number of sulfone groups is 1. The van der Waals surface area contributed by atoms with Crippen molar-refractivity contribution in [3.63, 3.8) is 0 Å². The van der Waals surface area contributed by atoms with Crippen molar-refractivity contribution in [1.82, 2.24) is 10.2 Å². The zero-order valence-corrected chi connectivity index (χ0v) is 14.0. The van der Waals surface area contributed by atoms with Gasteiger partial charge in [0.1, 0.15) is 0 Å². The van der Waals surface area contributed by atoms with Gasteiger partial charge in [0.05, 0.1) is 12.3 Å². The second kappa shape index (κ2) is 7.59. The van der Waals surface area contributed by atoms with E-state index in [4.69, 9.17) is 0 Å². The van der Waals surface area contributed by atoms with Gasteiger partial charge in [0.15, 0.2) is 9.84 Å². The number of amides is 2. The molecule has 0 aliphatic carbocycles. The largest absolute Gasteiger partial charge is 0.354 e. The SMILES string of the molecule is CCS(=O)(=O)CCNC(=O)CN1C[C@H](c2ccccc2)CC1=O. The smallest absolute Gasteiger partial charge is 0.239 e. The summed E-state index contributed by atoms with van der Waals surface area (Å²) in [6, 6.07) is 9.76. The van der Waals surface area contributed by atoms with Crippen molar-refractivity contribution in [2.45, 2.75) is 19.3 Å². The molecular formula is C16H22N2O4S. The third-order valence-electron chi connectivity index (χ3n) is 4.00. The van der Waals surface area contributed by atoms with Crippen molar-refractivity contribution in [1.29, 1.82) is 0 Å². The van der Waals surface area contributed by atoms with Gasteiger partial charge in [-0.15, -0.1) is 0 Å². The molecule has 1 heterocycles. The van der Waals surface area contributed by atoms with Gasteiger partial charge in [0.2, 0.25) is 11.8 Å². The number of rotatable bonds is 7. The first-order valence-electron chi connectivity index (χ1n) is 7.71. The Morgan fingerprint density at radius 1 is 1.30 bits per heavy atom. The summed E-state index contributed by atoms with van der Waals surface area (Å²) in [5.74, 6) is -0.271. The molecule has 1 fully saturated rings. The normalized spacial score (nSPS) is 18.2. The molecule has 0 spiro atoms. The van der Waals surface area contributed by atoms with E-state index in [1.54, 1.807) is 6.92 Å². The lowest BCUT2D eigenvalue weighted by molar-refractivity contribution is -0.133. The molecule has 1 aliphatic heterocycles. The summed E-state index contributed by atoms with van der Waals surface area (Å²) >= 11 is 0. The molecule has 7 heteroatoms. The summed E-state index contributed by atoms with van der Waals surface area (Å²) in [5, 5.41) is 2.56. The van der Waals surface area contributed by atoms with Gasteiger partial charge in [-0.05, 0) is 5.56 Å². The fourth-order valence-corrected chi connectivity index (χ4v) is 3.29. The summed E-state index contributed by atoms with van der Waals surface area (Å²) in [6.45, 7) is 2.15. The van der Waals surface area contributed by atoms with Gasteiger partial charge in [0, 0.05) is 31.2 Å². The molecule has 1 aromatic carbocycles. The van der Waals surface area contributed by atoms with Gasteiger partial charge in [-0.1, -0.05) is 37.3 Å². The maximum absolute atomic E-state index is 12.0. The Bertz CT molecular complexity index is 658. The maximum atomic E-state index is 12.0. The predicted octanol–water partition coefficient (Wildman–Crippen LogP) is 0.553. The lowest BCUT2D eigenvalue weighted by atomic mass is 9.99. The van der Waals surface area contributed by atoms with Crippen molar-refractivity contribution in [3.8, 4) is 0 Å². The Hall–Kier alpha value is -1.89. The van der Waals surface area contributed by atoms with Crippen LogP contribution in [0.25, 0.3) is 0 Å². The third kappa shape index (κ3) is 5.06. The van der Waals surface area contributed by atoms with E-state index >= 15 is 0 Å². The summed E-state index contributed by atoms with van der Waals surface area (Å²) in [4.78, 5) is 25.4. The zero-order valence-electron chi connectivity index (χ0n) is 13.2. The first kappa shape index (κ1) is 17.5. The van der Waals surface area contributed by atoms with Gasteiger partial charge in [-0.2, -0.15) is 0 Å². The van der Waals surface area contributed by atoms with Gasteiger partial charge in [0.25, 0.3) is 0 Å². The average Bonchev–Trinajstić information content (AvgIpc) is 2.89. The molecule has 2 amide bonds. The number of benzene rings is 1. The van der Waals surface area contributed by atoms with Gasteiger partial charge >= 0.3 is 0 Å². The third-order valence-corrected chi connectivity index (χ3v) is 5.70. The molecule has 1 atom stereocenters. The van der Waals surface area contributed by atoms with Crippen LogP contribution < -0.4 is 5.32 Å².